The molecule has 24 heavy (non-hydrogen) atoms. The highest BCUT2D eigenvalue weighted by Crippen LogP contribution is 2.15. The fraction of sp³-hybridized carbons (Fsp3) is 0.588. The largest absolute Gasteiger partial charge is 0.379 e. The zero-order valence-corrected chi connectivity index (χ0v) is 17.2. The van der Waals surface area contributed by atoms with Crippen LogP contribution in [0.15, 0.2) is 29.3 Å². The maximum absolute atomic E-state index is 6.17. The minimum Gasteiger partial charge on any atom is -0.379 e. The third kappa shape index (κ3) is 5.79. The van der Waals surface area contributed by atoms with Crippen molar-refractivity contribution in [2.75, 3.05) is 50.9 Å². The van der Waals surface area contributed by atoms with Crippen molar-refractivity contribution in [3.05, 3.63) is 35.4 Å². The Kier molecular flexibility index (Phi) is 8.65. The summed E-state index contributed by atoms with van der Waals surface area (Å²) in [6.45, 7) is 7.33. The molecule has 2 saturated heterocycles. The van der Waals surface area contributed by atoms with Crippen molar-refractivity contribution in [3.8, 4) is 0 Å². The summed E-state index contributed by atoms with van der Waals surface area (Å²) >= 11 is 1.98. The number of morpholine rings is 1. The molecular weight excluding hydrogens is 435 g/mol. The van der Waals surface area contributed by atoms with Crippen LogP contribution in [0.4, 0.5) is 0 Å². The van der Waals surface area contributed by atoms with Crippen molar-refractivity contribution < 1.29 is 4.74 Å². The lowest BCUT2D eigenvalue weighted by molar-refractivity contribution is 0.0341. The van der Waals surface area contributed by atoms with Gasteiger partial charge in [-0.25, -0.2) is 4.99 Å². The maximum atomic E-state index is 6.17. The second-order valence-electron chi connectivity index (χ2n) is 5.93. The third-order valence-electron chi connectivity index (χ3n) is 4.36. The zero-order valence-electron chi connectivity index (χ0n) is 14.0. The van der Waals surface area contributed by atoms with E-state index in [0.717, 1.165) is 57.4 Å². The number of aliphatic imine (C=N–C) groups is 1. The lowest BCUT2D eigenvalue weighted by Gasteiger charge is -2.28. The Labute approximate surface area is 166 Å². The van der Waals surface area contributed by atoms with Gasteiger partial charge >= 0.3 is 0 Å². The highest BCUT2D eigenvalue weighted by molar-refractivity contribution is 14.0. The van der Waals surface area contributed by atoms with Gasteiger partial charge in [0.15, 0.2) is 5.96 Å². The summed E-state index contributed by atoms with van der Waals surface area (Å²) in [5.41, 5.74) is 8.79. The van der Waals surface area contributed by atoms with Crippen LogP contribution in [-0.2, 0) is 17.8 Å². The number of benzene rings is 1. The molecule has 0 radical (unpaired) electrons. The second-order valence-corrected chi connectivity index (χ2v) is 7.16. The van der Waals surface area contributed by atoms with E-state index in [4.69, 9.17) is 10.5 Å². The van der Waals surface area contributed by atoms with Crippen molar-refractivity contribution >= 4 is 41.7 Å². The minimum absolute atomic E-state index is 0. The van der Waals surface area contributed by atoms with E-state index in [0.29, 0.717) is 12.5 Å². The van der Waals surface area contributed by atoms with E-state index >= 15 is 0 Å². The molecule has 0 aromatic heterocycles. The number of hydrogen-bond donors (Lipinski definition) is 1. The van der Waals surface area contributed by atoms with Crippen LogP contribution in [0.3, 0.4) is 0 Å². The lowest BCUT2D eigenvalue weighted by Crippen LogP contribution is -2.42. The monoisotopic (exact) mass is 462 g/mol. The first-order chi connectivity index (χ1) is 11.3. The molecule has 0 amide bonds. The minimum atomic E-state index is 0. The number of hydrogen-bond acceptors (Lipinski definition) is 4. The van der Waals surface area contributed by atoms with E-state index in [1.54, 1.807) is 0 Å². The van der Waals surface area contributed by atoms with Crippen LogP contribution >= 0.6 is 35.7 Å². The van der Waals surface area contributed by atoms with E-state index in [-0.39, 0.29) is 24.0 Å². The normalized spacial score (nSPS) is 19.8. The first kappa shape index (κ1) is 19.8. The molecule has 0 saturated carbocycles. The molecular formula is C17H27IN4OS. The molecule has 1 aromatic carbocycles. The van der Waals surface area contributed by atoms with Gasteiger partial charge in [-0.15, -0.1) is 24.0 Å². The van der Waals surface area contributed by atoms with Gasteiger partial charge in [0.25, 0.3) is 0 Å². The van der Waals surface area contributed by atoms with E-state index in [1.165, 1.54) is 11.1 Å². The summed E-state index contributed by atoms with van der Waals surface area (Å²) in [4.78, 5) is 9.28. The Morgan fingerprint density at radius 1 is 1.08 bits per heavy atom. The SMILES string of the molecule is I.NC(=NCc1ccccc1CN1CCOCC1)N1CCSCC1. The Balaban J connectivity index is 0.00000208. The first-order valence-electron chi connectivity index (χ1n) is 8.32. The standard InChI is InChI=1S/C17H26N4OS.HI/c18-17(21-7-11-23-12-8-21)19-13-15-3-1-2-4-16(15)14-20-5-9-22-10-6-20;/h1-4H,5-14H2,(H2,18,19);1H. The molecule has 3 rings (SSSR count). The van der Waals surface area contributed by atoms with Crippen LogP contribution in [0.25, 0.3) is 0 Å². The van der Waals surface area contributed by atoms with E-state index in [1.807, 2.05) is 11.8 Å². The van der Waals surface area contributed by atoms with Gasteiger partial charge in [-0.2, -0.15) is 11.8 Å². The Bertz CT molecular complexity index is 531. The predicted octanol–water partition coefficient (Wildman–Crippen LogP) is 2.00. The van der Waals surface area contributed by atoms with Crippen molar-refractivity contribution in [2.45, 2.75) is 13.1 Å². The summed E-state index contributed by atoms with van der Waals surface area (Å²) < 4.78 is 5.43. The topological polar surface area (TPSA) is 54.1 Å². The highest BCUT2D eigenvalue weighted by Gasteiger charge is 2.14. The molecule has 0 aliphatic carbocycles. The maximum Gasteiger partial charge on any atom is 0.191 e. The fourth-order valence-electron chi connectivity index (χ4n) is 2.92. The molecule has 0 bridgehead atoms. The predicted molar refractivity (Wildman–Crippen MR) is 112 cm³/mol. The molecule has 2 aliphatic rings. The number of guanidine groups is 1. The van der Waals surface area contributed by atoms with Crippen molar-refractivity contribution in [1.82, 2.24) is 9.80 Å². The summed E-state index contributed by atoms with van der Waals surface area (Å²) in [5, 5.41) is 0. The van der Waals surface area contributed by atoms with Gasteiger partial charge in [0.05, 0.1) is 19.8 Å². The molecule has 7 heteroatoms. The first-order valence-corrected chi connectivity index (χ1v) is 9.48. The smallest absolute Gasteiger partial charge is 0.191 e. The van der Waals surface area contributed by atoms with Gasteiger partial charge in [0.1, 0.15) is 0 Å². The lowest BCUT2D eigenvalue weighted by atomic mass is 10.1. The van der Waals surface area contributed by atoms with Crippen LogP contribution < -0.4 is 5.73 Å². The average Bonchev–Trinajstić information content (AvgIpc) is 2.62. The highest BCUT2D eigenvalue weighted by atomic mass is 127. The molecule has 2 N–H and O–H groups in total. The molecule has 2 aliphatic heterocycles. The Morgan fingerprint density at radius 2 is 1.75 bits per heavy atom. The summed E-state index contributed by atoms with van der Waals surface area (Å²) in [6.07, 6.45) is 0. The molecule has 0 spiro atoms. The van der Waals surface area contributed by atoms with E-state index in [2.05, 4.69) is 39.1 Å². The van der Waals surface area contributed by atoms with Gasteiger partial charge in [0, 0.05) is 44.2 Å². The Morgan fingerprint density at radius 3 is 2.46 bits per heavy atom. The van der Waals surface area contributed by atoms with Gasteiger partial charge in [-0.3, -0.25) is 4.90 Å². The number of ether oxygens (including phenoxy) is 1. The van der Waals surface area contributed by atoms with Crippen molar-refractivity contribution in [2.24, 2.45) is 10.7 Å². The quantitative estimate of drug-likeness (QED) is 0.422. The number of nitrogens with two attached hydrogens (primary N) is 1. The number of thioether (sulfide) groups is 1. The molecule has 5 nitrogen and oxygen atoms in total. The molecule has 0 unspecified atom stereocenters. The third-order valence-corrected chi connectivity index (χ3v) is 5.31. The number of nitrogens with zero attached hydrogens (tertiary/aromatic N) is 3. The summed E-state index contributed by atoms with van der Waals surface area (Å²) in [7, 11) is 0. The van der Waals surface area contributed by atoms with Crippen LogP contribution in [-0.4, -0.2) is 66.7 Å². The van der Waals surface area contributed by atoms with E-state index < -0.39 is 0 Å². The molecule has 1 aromatic rings. The van der Waals surface area contributed by atoms with Gasteiger partial charge < -0.3 is 15.4 Å². The molecule has 134 valence electrons. The van der Waals surface area contributed by atoms with Gasteiger partial charge in [0.2, 0.25) is 0 Å². The van der Waals surface area contributed by atoms with E-state index in [9.17, 15) is 0 Å². The zero-order chi connectivity index (χ0) is 15.9. The fourth-order valence-corrected chi connectivity index (χ4v) is 3.83. The second kappa shape index (κ2) is 10.5. The van der Waals surface area contributed by atoms with Crippen molar-refractivity contribution in [3.63, 3.8) is 0 Å². The van der Waals surface area contributed by atoms with Crippen LogP contribution in [0, 0.1) is 0 Å². The average molecular weight is 462 g/mol. The Hall–Kier alpha value is -0.510. The number of halogens is 1. The number of rotatable bonds is 4. The van der Waals surface area contributed by atoms with Gasteiger partial charge in [-0.1, -0.05) is 24.3 Å². The van der Waals surface area contributed by atoms with Crippen LogP contribution in [0.1, 0.15) is 11.1 Å². The molecule has 0 atom stereocenters. The summed E-state index contributed by atoms with van der Waals surface area (Å²) in [6, 6.07) is 8.56. The molecule has 2 fully saturated rings. The summed E-state index contributed by atoms with van der Waals surface area (Å²) in [5.74, 6) is 2.97. The molecule has 2 heterocycles. The van der Waals surface area contributed by atoms with Crippen LogP contribution in [0.2, 0.25) is 0 Å². The van der Waals surface area contributed by atoms with Gasteiger partial charge in [-0.05, 0) is 11.1 Å². The van der Waals surface area contributed by atoms with Crippen LogP contribution in [0.5, 0.6) is 0 Å². The van der Waals surface area contributed by atoms with Crippen molar-refractivity contribution in [1.29, 1.82) is 0 Å².